The zero-order chi connectivity index (χ0) is 16.4. The summed E-state index contributed by atoms with van der Waals surface area (Å²) < 4.78 is 18.4. The van der Waals surface area contributed by atoms with Crippen molar-refractivity contribution in [3.8, 4) is 0 Å². The molecule has 1 atom stereocenters. The molecule has 0 saturated heterocycles. The first kappa shape index (κ1) is 21.3. The summed E-state index contributed by atoms with van der Waals surface area (Å²) in [6.07, 6.45) is 7.51. The highest BCUT2D eigenvalue weighted by Crippen LogP contribution is 2.18. The normalized spacial score (nSPS) is 14.4. The molecule has 0 heterocycles. The molecule has 21 heavy (non-hydrogen) atoms. The molecular weight excluding hydrogens is 296 g/mol. The molecule has 1 unspecified atom stereocenters. The summed E-state index contributed by atoms with van der Waals surface area (Å²) in [5.41, 5.74) is 0. The van der Waals surface area contributed by atoms with Crippen LogP contribution in [0.1, 0.15) is 59.3 Å². The highest BCUT2D eigenvalue weighted by atomic mass is 28.5. The molecule has 0 bridgehead atoms. The van der Waals surface area contributed by atoms with Crippen molar-refractivity contribution in [3.05, 3.63) is 0 Å². The van der Waals surface area contributed by atoms with Gasteiger partial charge in [-0.05, 0) is 38.5 Å². The van der Waals surface area contributed by atoms with Crippen molar-refractivity contribution in [2.45, 2.75) is 85.5 Å². The summed E-state index contributed by atoms with van der Waals surface area (Å²) in [6, 6.07) is 0. The Hall–Kier alpha value is 0.314. The highest BCUT2D eigenvalue weighted by Gasteiger charge is 2.36. The van der Waals surface area contributed by atoms with E-state index >= 15 is 0 Å². The van der Waals surface area contributed by atoms with Crippen LogP contribution in [0.5, 0.6) is 0 Å². The summed E-state index contributed by atoms with van der Waals surface area (Å²) in [6.45, 7) is 16.8. The maximum absolute atomic E-state index is 6.28. The van der Waals surface area contributed by atoms with E-state index in [0.29, 0.717) is 5.92 Å². The Morgan fingerprint density at radius 2 is 1.38 bits per heavy atom. The molecule has 0 spiro atoms. The van der Waals surface area contributed by atoms with Crippen LogP contribution >= 0.6 is 0 Å². The third-order valence-corrected chi connectivity index (χ3v) is 9.30. The minimum absolute atomic E-state index is 0.602. The maximum Gasteiger partial charge on any atom is 0.322 e. The lowest BCUT2D eigenvalue weighted by molar-refractivity contribution is 0.174. The van der Waals surface area contributed by atoms with Gasteiger partial charge >= 0.3 is 17.1 Å². The van der Waals surface area contributed by atoms with E-state index in [4.69, 9.17) is 13.0 Å². The molecule has 3 nitrogen and oxygen atoms in total. The Morgan fingerprint density at radius 3 is 1.95 bits per heavy atom. The molecule has 0 aliphatic rings. The van der Waals surface area contributed by atoms with E-state index in [-0.39, 0.29) is 0 Å². The maximum atomic E-state index is 6.28. The first-order valence-corrected chi connectivity index (χ1v) is 14.3. The molecular formula is C16H38O3Si2. The van der Waals surface area contributed by atoms with Gasteiger partial charge in [-0.15, -0.1) is 0 Å². The predicted molar refractivity (Wildman–Crippen MR) is 96.2 cm³/mol. The summed E-state index contributed by atoms with van der Waals surface area (Å²) >= 11 is 0. The second kappa shape index (κ2) is 10.9. The molecule has 0 aromatic rings. The molecule has 0 aromatic heterocycles. The SMILES string of the molecule is CCCCCCCO[Si](C)(C)O[Si](C)(C)OCC(C)CC. The molecule has 0 fully saturated rings. The number of hydrogen-bond donors (Lipinski definition) is 0. The third kappa shape index (κ3) is 12.5. The molecule has 0 aliphatic heterocycles. The lowest BCUT2D eigenvalue weighted by atomic mass is 10.1. The smallest absolute Gasteiger partial charge is 0.322 e. The van der Waals surface area contributed by atoms with Crippen molar-refractivity contribution in [1.29, 1.82) is 0 Å². The second-order valence-electron chi connectivity index (χ2n) is 6.99. The summed E-state index contributed by atoms with van der Waals surface area (Å²) in [7, 11) is -4.11. The van der Waals surface area contributed by atoms with E-state index in [9.17, 15) is 0 Å². The van der Waals surface area contributed by atoms with Crippen molar-refractivity contribution in [3.63, 3.8) is 0 Å². The van der Waals surface area contributed by atoms with Crippen LogP contribution in [0.25, 0.3) is 0 Å². The van der Waals surface area contributed by atoms with Crippen molar-refractivity contribution < 1.29 is 13.0 Å². The Bertz CT molecular complexity index is 258. The van der Waals surface area contributed by atoms with E-state index in [2.05, 4.69) is 47.0 Å². The molecule has 0 saturated carbocycles. The van der Waals surface area contributed by atoms with Gasteiger partial charge in [0.25, 0.3) is 0 Å². The summed E-state index contributed by atoms with van der Waals surface area (Å²) in [5, 5.41) is 0. The molecule has 128 valence electrons. The minimum atomic E-state index is -2.06. The van der Waals surface area contributed by atoms with Gasteiger partial charge in [0.15, 0.2) is 0 Å². The van der Waals surface area contributed by atoms with Crippen LogP contribution < -0.4 is 0 Å². The Labute approximate surface area is 135 Å². The van der Waals surface area contributed by atoms with E-state index in [1.54, 1.807) is 0 Å². The quantitative estimate of drug-likeness (QED) is 0.331. The van der Waals surface area contributed by atoms with Crippen molar-refractivity contribution in [1.82, 2.24) is 0 Å². The van der Waals surface area contributed by atoms with Gasteiger partial charge in [0.2, 0.25) is 0 Å². The van der Waals surface area contributed by atoms with E-state index < -0.39 is 17.1 Å². The predicted octanol–water partition coefficient (Wildman–Crippen LogP) is 5.46. The fraction of sp³-hybridized carbons (Fsp3) is 1.00. The molecule has 0 aliphatic carbocycles. The number of hydrogen-bond acceptors (Lipinski definition) is 3. The van der Waals surface area contributed by atoms with Crippen molar-refractivity contribution >= 4 is 17.1 Å². The summed E-state index contributed by atoms with van der Waals surface area (Å²) in [4.78, 5) is 0. The molecule has 0 amide bonds. The van der Waals surface area contributed by atoms with Gasteiger partial charge < -0.3 is 13.0 Å². The molecule has 0 N–H and O–H groups in total. The van der Waals surface area contributed by atoms with Crippen LogP contribution in [0.2, 0.25) is 26.2 Å². The van der Waals surface area contributed by atoms with Crippen LogP contribution in [0.3, 0.4) is 0 Å². The zero-order valence-corrected chi connectivity index (χ0v) is 17.5. The minimum Gasteiger partial charge on any atom is -0.415 e. The number of unbranched alkanes of at least 4 members (excludes halogenated alkanes) is 4. The lowest BCUT2D eigenvalue weighted by Gasteiger charge is -2.33. The van der Waals surface area contributed by atoms with Gasteiger partial charge in [0.1, 0.15) is 0 Å². The average Bonchev–Trinajstić information content (AvgIpc) is 2.39. The van der Waals surface area contributed by atoms with Crippen molar-refractivity contribution in [2.24, 2.45) is 5.92 Å². The Balaban J connectivity index is 3.96. The zero-order valence-electron chi connectivity index (χ0n) is 15.5. The topological polar surface area (TPSA) is 27.7 Å². The van der Waals surface area contributed by atoms with E-state index in [1.807, 2.05) is 0 Å². The standard InChI is InChI=1S/C16H38O3Si2/c1-8-10-11-12-13-14-17-20(4,5)19-21(6,7)18-15-16(3)9-2/h16H,8-15H2,1-7H3. The third-order valence-electron chi connectivity index (χ3n) is 3.60. The van der Waals surface area contributed by atoms with Gasteiger partial charge in [0, 0.05) is 13.2 Å². The molecule has 0 aromatic carbocycles. The fourth-order valence-electron chi connectivity index (χ4n) is 2.14. The van der Waals surface area contributed by atoms with Gasteiger partial charge in [-0.2, -0.15) is 0 Å². The second-order valence-corrected chi connectivity index (χ2v) is 14.0. The lowest BCUT2D eigenvalue weighted by Crippen LogP contribution is -2.49. The Morgan fingerprint density at radius 1 is 0.810 bits per heavy atom. The Kier molecular flexibility index (Phi) is 11.1. The van der Waals surface area contributed by atoms with Crippen molar-refractivity contribution in [2.75, 3.05) is 13.2 Å². The van der Waals surface area contributed by atoms with Crippen LogP contribution in [-0.4, -0.2) is 30.3 Å². The molecule has 0 radical (unpaired) electrons. The van der Waals surface area contributed by atoms with Gasteiger partial charge in [-0.1, -0.05) is 52.9 Å². The molecule has 0 rings (SSSR count). The highest BCUT2D eigenvalue weighted by molar-refractivity contribution is 6.78. The first-order chi connectivity index (χ1) is 9.72. The van der Waals surface area contributed by atoms with Gasteiger partial charge in [-0.25, -0.2) is 0 Å². The van der Waals surface area contributed by atoms with Crippen LogP contribution in [0.15, 0.2) is 0 Å². The molecule has 5 heteroatoms. The number of rotatable bonds is 13. The van der Waals surface area contributed by atoms with Gasteiger partial charge in [-0.3, -0.25) is 0 Å². The van der Waals surface area contributed by atoms with Crippen LogP contribution in [0.4, 0.5) is 0 Å². The van der Waals surface area contributed by atoms with E-state index in [0.717, 1.165) is 26.1 Å². The van der Waals surface area contributed by atoms with Crippen LogP contribution in [0, 0.1) is 5.92 Å². The average molecular weight is 335 g/mol. The van der Waals surface area contributed by atoms with E-state index in [1.165, 1.54) is 25.7 Å². The largest absolute Gasteiger partial charge is 0.415 e. The monoisotopic (exact) mass is 334 g/mol. The fourth-order valence-corrected chi connectivity index (χ4v) is 8.66. The van der Waals surface area contributed by atoms with Crippen LogP contribution in [-0.2, 0) is 13.0 Å². The summed E-state index contributed by atoms with van der Waals surface area (Å²) in [5.74, 6) is 0.602. The van der Waals surface area contributed by atoms with Gasteiger partial charge in [0.05, 0.1) is 0 Å². The first-order valence-electron chi connectivity index (χ1n) is 8.70.